The average molecular weight is 284 g/mol. The molecule has 4 N–H and O–H groups in total. The zero-order valence-electron chi connectivity index (χ0n) is 12.3. The fourth-order valence-electron chi connectivity index (χ4n) is 2.16. The molecule has 0 bridgehead atoms. The number of benzene rings is 2. The van der Waals surface area contributed by atoms with Crippen molar-refractivity contribution in [2.45, 2.75) is 26.7 Å². The van der Waals surface area contributed by atoms with Crippen molar-refractivity contribution >= 4 is 17.3 Å². The fourth-order valence-corrected chi connectivity index (χ4v) is 2.16. The van der Waals surface area contributed by atoms with Crippen molar-refractivity contribution in [1.82, 2.24) is 0 Å². The van der Waals surface area contributed by atoms with E-state index >= 15 is 0 Å². The summed E-state index contributed by atoms with van der Waals surface area (Å²) in [4.78, 5) is 12.0. The van der Waals surface area contributed by atoms with Gasteiger partial charge >= 0.3 is 0 Å². The van der Waals surface area contributed by atoms with Crippen molar-refractivity contribution in [3.63, 3.8) is 0 Å². The molecule has 0 heterocycles. The van der Waals surface area contributed by atoms with E-state index in [2.05, 4.69) is 5.32 Å². The number of para-hydroxylation sites is 1. The molecule has 2 aromatic rings. The summed E-state index contributed by atoms with van der Waals surface area (Å²) in [7, 11) is 0. The van der Waals surface area contributed by atoms with Gasteiger partial charge in [-0.15, -0.1) is 0 Å². The number of aryl methyl sites for hydroxylation is 3. The lowest BCUT2D eigenvalue weighted by atomic mass is 10.1. The number of phenols is 1. The molecule has 0 saturated carbocycles. The van der Waals surface area contributed by atoms with Gasteiger partial charge in [0.15, 0.2) is 0 Å². The number of nitrogens with one attached hydrogen (secondary N) is 1. The highest BCUT2D eigenvalue weighted by molar-refractivity contribution is 5.92. The van der Waals surface area contributed by atoms with Gasteiger partial charge in [0, 0.05) is 17.8 Å². The first-order chi connectivity index (χ1) is 9.97. The van der Waals surface area contributed by atoms with Gasteiger partial charge in [-0.05, 0) is 55.2 Å². The summed E-state index contributed by atoms with van der Waals surface area (Å²) < 4.78 is 0. The van der Waals surface area contributed by atoms with Gasteiger partial charge in [0.1, 0.15) is 5.75 Å². The largest absolute Gasteiger partial charge is 0.508 e. The Kier molecular flexibility index (Phi) is 4.48. The van der Waals surface area contributed by atoms with Crippen LogP contribution < -0.4 is 11.1 Å². The van der Waals surface area contributed by atoms with Gasteiger partial charge in [-0.25, -0.2) is 0 Å². The number of carbonyl (C=O) groups excluding carboxylic acids is 1. The molecule has 2 aromatic carbocycles. The van der Waals surface area contributed by atoms with Crippen molar-refractivity contribution in [3.8, 4) is 5.75 Å². The molecule has 0 unspecified atom stereocenters. The van der Waals surface area contributed by atoms with E-state index in [0.29, 0.717) is 18.5 Å². The van der Waals surface area contributed by atoms with E-state index in [1.54, 1.807) is 19.1 Å². The second-order valence-corrected chi connectivity index (χ2v) is 5.20. The Labute approximate surface area is 124 Å². The predicted octanol–water partition coefficient (Wildman–Crippen LogP) is 3.16. The lowest BCUT2D eigenvalue weighted by Crippen LogP contribution is -2.13. The number of carbonyl (C=O) groups is 1. The van der Waals surface area contributed by atoms with E-state index in [1.165, 1.54) is 0 Å². The molecular formula is C17H20N2O2. The highest BCUT2D eigenvalue weighted by atomic mass is 16.3. The van der Waals surface area contributed by atoms with Crippen LogP contribution in [0.2, 0.25) is 0 Å². The molecule has 4 nitrogen and oxygen atoms in total. The molecule has 110 valence electrons. The number of phenolic OH excluding ortho intramolecular Hbond substituents is 1. The van der Waals surface area contributed by atoms with E-state index in [-0.39, 0.29) is 11.7 Å². The van der Waals surface area contributed by atoms with Gasteiger partial charge in [-0.3, -0.25) is 4.79 Å². The maximum absolute atomic E-state index is 12.0. The molecule has 0 aliphatic heterocycles. The molecule has 1 amide bonds. The van der Waals surface area contributed by atoms with E-state index in [1.807, 2.05) is 31.2 Å². The van der Waals surface area contributed by atoms with Crippen LogP contribution in [0.3, 0.4) is 0 Å². The number of nitrogen functional groups attached to an aromatic ring is 1. The van der Waals surface area contributed by atoms with Crippen LogP contribution in [0.25, 0.3) is 0 Å². The molecule has 0 radical (unpaired) electrons. The standard InChI is InChI=1S/C17H20N2O2/c1-11-10-16(20)12(2)9-15(11)19-17(21)8-7-13-5-3-4-6-14(13)18/h3-6,9-10,20H,7-8,18H2,1-2H3,(H,19,21). The molecule has 0 fully saturated rings. The van der Waals surface area contributed by atoms with Crippen molar-refractivity contribution in [2.75, 3.05) is 11.1 Å². The van der Waals surface area contributed by atoms with Crippen LogP contribution in [-0.2, 0) is 11.2 Å². The van der Waals surface area contributed by atoms with Gasteiger partial charge in [0.05, 0.1) is 0 Å². The number of hydrogen-bond donors (Lipinski definition) is 3. The molecule has 0 spiro atoms. The van der Waals surface area contributed by atoms with E-state index in [4.69, 9.17) is 5.73 Å². The molecule has 2 rings (SSSR count). The second kappa shape index (κ2) is 6.31. The zero-order chi connectivity index (χ0) is 15.4. The third-order valence-corrected chi connectivity index (χ3v) is 3.49. The molecule has 21 heavy (non-hydrogen) atoms. The lowest BCUT2D eigenvalue weighted by molar-refractivity contribution is -0.116. The number of nitrogens with two attached hydrogens (primary N) is 1. The maximum atomic E-state index is 12.0. The summed E-state index contributed by atoms with van der Waals surface area (Å²) in [6.07, 6.45) is 0.974. The summed E-state index contributed by atoms with van der Waals surface area (Å²) in [5.41, 5.74) is 9.86. The lowest BCUT2D eigenvalue weighted by Gasteiger charge is -2.11. The van der Waals surface area contributed by atoms with Gasteiger partial charge in [-0.1, -0.05) is 18.2 Å². The van der Waals surface area contributed by atoms with Crippen LogP contribution in [-0.4, -0.2) is 11.0 Å². The van der Waals surface area contributed by atoms with E-state index in [9.17, 15) is 9.90 Å². The van der Waals surface area contributed by atoms with Crippen LogP contribution in [0.4, 0.5) is 11.4 Å². The van der Waals surface area contributed by atoms with Crippen molar-refractivity contribution in [1.29, 1.82) is 0 Å². The Hall–Kier alpha value is -2.49. The first-order valence-corrected chi connectivity index (χ1v) is 6.91. The normalized spacial score (nSPS) is 10.4. The molecular weight excluding hydrogens is 264 g/mol. The Morgan fingerprint density at radius 3 is 2.62 bits per heavy atom. The van der Waals surface area contributed by atoms with Crippen LogP contribution in [0.1, 0.15) is 23.1 Å². The van der Waals surface area contributed by atoms with Gasteiger partial charge in [0.25, 0.3) is 0 Å². The van der Waals surface area contributed by atoms with Gasteiger partial charge < -0.3 is 16.2 Å². The molecule has 4 heteroatoms. The fraction of sp³-hybridized carbons (Fsp3) is 0.235. The second-order valence-electron chi connectivity index (χ2n) is 5.20. The summed E-state index contributed by atoms with van der Waals surface area (Å²) in [5, 5.41) is 12.5. The van der Waals surface area contributed by atoms with Crippen molar-refractivity contribution in [3.05, 3.63) is 53.1 Å². The molecule has 0 aliphatic carbocycles. The summed E-state index contributed by atoms with van der Waals surface area (Å²) in [5.74, 6) is 0.175. The quantitative estimate of drug-likeness (QED) is 0.596. The topological polar surface area (TPSA) is 75.4 Å². The van der Waals surface area contributed by atoms with Crippen LogP contribution in [0.5, 0.6) is 5.75 Å². The highest BCUT2D eigenvalue weighted by Gasteiger charge is 2.08. The molecule has 0 saturated heterocycles. The van der Waals surface area contributed by atoms with Crippen LogP contribution >= 0.6 is 0 Å². The third-order valence-electron chi connectivity index (χ3n) is 3.49. The monoisotopic (exact) mass is 284 g/mol. The number of amides is 1. The summed E-state index contributed by atoms with van der Waals surface area (Å²) in [6.45, 7) is 3.65. The minimum Gasteiger partial charge on any atom is -0.508 e. The minimum absolute atomic E-state index is 0.0635. The summed E-state index contributed by atoms with van der Waals surface area (Å²) >= 11 is 0. The first-order valence-electron chi connectivity index (χ1n) is 6.91. The van der Waals surface area contributed by atoms with Crippen LogP contribution in [0, 0.1) is 13.8 Å². The van der Waals surface area contributed by atoms with E-state index < -0.39 is 0 Å². The third kappa shape index (κ3) is 3.75. The Bertz CT molecular complexity index is 666. The number of anilines is 2. The number of hydrogen-bond acceptors (Lipinski definition) is 3. The Morgan fingerprint density at radius 2 is 1.90 bits per heavy atom. The minimum atomic E-state index is -0.0635. The zero-order valence-corrected chi connectivity index (χ0v) is 12.3. The highest BCUT2D eigenvalue weighted by Crippen LogP contribution is 2.25. The Morgan fingerprint density at radius 1 is 1.19 bits per heavy atom. The van der Waals surface area contributed by atoms with Crippen molar-refractivity contribution < 1.29 is 9.90 Å². The van der Waals surface area contributed by atoms with Crippen molar-refractivity contribution in [2.24, 2.45) is 0 Å². The summed E-state index contributed by atoms with van der Waals surface area (Å²) in [6, 6.07) is 11.0. The predicted molar refractivity (Wildman–Crippen MR) is 85.4 cm³/mol. The number of rotatable bonds is 4. The maximum Gasteiger partial charge on any atom is 0.224 e. The molecule has 0 aromatic heterocycles. The molecule has 0 aliphatic rings. The van der Waals surface area contributed by atoms with E-state index in [0.717, 1.165) is 22.4 Å². The Balaban J connectivity index is 1.99. The average Bonchev–Trinajstić information content (AvgIpc) is 2.44. The first kappa shape index (κ1) is 14.9. The van der Waals surface area contributed by atoms with Crippen LogP contribution in [0.15, 0.2) is 36.4 Å². The van der Waals surface area contributed by atoms with Gasteiger partial charge in [-0.2, -0.15) is 0 Å². The molecule has 0 atom stereocenters. The smallest absolute Gasteiger partial charge is 0.224 e. The number of aromatic hydroxyl groups is 1. The SMILES string of the molecule is Cc1cc(NC(=O)CCc2ccccc2N)c(C)cc1O. The van der Waals surface area contributed by atoms with Gasteiger partial charge in [0.2, 0.25) is 5.91 Å².